The Bertz CT molecular complexity index is 823. The summed E-state index contributed by atoms with van der Waals surface area (Å²) in [5.41, 5.74) is 3.20. The van der Waals surface area contributed by atoms with E-state index in [1.54, 1.807) is 23.6 Å². The lowest BCUT2D eigenvalue weighted by Crippen LogP contribution is -2.23. The van der Waals surface area contributed by atoms with Gasteiger partial charge in [0.1, 0.15) is 17.4 Å². The normalized spacial score (nSPS) is 12.8. The highest BCUT2D eigenvalue weighted by molar-refractivity contribution is 5.83. The van der Waals surface area contributed by atoms with Crippen molar-refractivity contribution in [2.24, 2.45) is 0 Å². The van der Waals surface area contributed by atoms with E-state index < -0.39 is 0 Å². The van der Waals surface area contributed by atoms with Gasteiger partial charge in [0.15, 0.2) is 0 Å². The van der Waals surface area contributed by atoms with Crippen LogP contribution in [-0.4, -0.2) is 4.57 Å². The number of halogens is 1. The molecule has 0 radical (unpaired) electrons. The molecule has 0 fully saturated rings. The van der Waals surface area contributed by atoms with E-state index in [4.69, 9.17) is 5.26 Å². The molecule has 0 atom stereocenters. The summed E-state index contributed by atoms with van der Waals surface area (Å²) in [5, 5.41) is 9.02. The molecule has 2 heterocycles. The summed E-state index contributed by atoms with van der Waals surface area (Å²) in [7, 11) is 0. The van der Waals surface area contributed by atoms with Gasteiger partial charge in [0.2, 0.25) is 0 Å². The molecule has 1 aromatic carbocycles. The molecule has 0 N–H and O–H groups in total. The zero-order chi connectivity index (χ0) is 14.3. The van der Waals surface area contributed by atoms with Crippen LogP contribution in [0.2, 0.25) is 0 Å². The van der Waals surface area contributed by atoms with Crippen LogP contribution in [0.3, 0.4) is 0 Å². The minimum absolute atomic E-state index is 0.183. The van der Waals surface area contributed by atoms with Crippen LogP contribution in [-0.2, 0) is 6.54 Å². The third kappa shape index (κ3) is 1.84. The molecule has 1 aromatic heterocycles. The molecule has 2 aromatic rings. The average molecular weight is 266 g/mol. The van der Waals surface area contributed by atoms with Gasteiger partial charge < -0.3 is 4.57 Å². The summed E-state index contributed by atoms with van der Waals surface area (Å²) in [4.78, 5) is 12.2. The minimum Gasteiger partial charge on any atom is -0.303 e. The first-order valence-electron chi connectivity index (χ1n) is 6.21. The number of hydrogen-bond acceptors (Lipinski definition) is 2. The van der Waals surface area contributed by atoms with Gasteiger partial charge in [-0.3, -0.25) is 4.79 Å². The lowest BCUT2D eigenvalue weighted by Gasteiger charge is -2.06. The molecular formula is C16H11FN2O. The Morgan fingerprint density at radius 1 is 1.30 bits per heavy atom. The maximum Gasteiger partial charge on any atom is 0.269 e. The Labute approximate surface area is 115 Å². The summed E-state index contributed by atoms with van der Waals surface area (Å²) in [6.45, 7) is 2.17. The van der Waals surface area contributed by atoms with Gasteiger partial charge in [-0.05, 0) is 47.9 Å². The van der Waals surface area contributed by atoms with Crippen molar-refractivity contribution in [1.82, 2.24) is 4.57 Å². The first-order valence-corrected chi connectivity index (χ1v) is 6.21. The molecule has 0 amide bonds. The molecule has 20 heavy (non-hydrogen) atoms. The van der Waals surface area contributed by atoms with Crippen molar-refractivity contribution in [1.29, 1.82) is 5.26 Å². The molecule has 1 aliphatic heterocycles. The monoisotopic (exact) mass is 266 g/mol. The Kier molecular flexibility index (Phi) is 2.76. The number of allylic oxidation sites excluding steroid dienone is 1. The number of nitriles is 1. The number of hydrogen-bond donors (Lipinski definition) is 0. The highest BCUT2D eigenvalue weighted by Crippen LogP contribution is 2.26. The van der Waals surface area contributed by atoms with Crippen molar-refractivity contribution >= 4 is 11.6 Å². The molecule has 4 heteroatoms. The van der Waals surface area contributed by atoms with Crippen LogP contribution in [0.1, 0.15) is 22.4 Å². The molecular weight excluding hydrogens is 255 g/mol. The van der Waals surface area contributed by atoms with Gasteiger partial charge in [0, 0.05) is 5.69 Å². The zero-order valence-electron chi connectivity index (χ0n) is 10.9. The van der Waals surface area contributed by atoms with E-state index in [2.05, 4.69) is 0 Å². The fourth-order valence-electron chi connectivity index (χ4n) is 2.44. The molecule has 98 valence electrons. The Balaban J connectivity index is 2.08. The number of pyridine rings is 1. The van der Waals surface area contributed by atoms with Gasteiger partial charge in [-0.25, -0.2) is 4.39 Å². The predicted molar refractivity (Wildman–Crippen MR) is 74.4 cm³/mol. The second-order valence-electron chi connectivity index (χ2n) is 4.81. The van der Waals surface area contributed by atoms with Crippen LogP contribution in [0.15, 0.2) is 35.1 Å². The van der Waals surface area contributed by atoms with Gasteiger partial charge in [-0.15, -0.1) is 0 Å². The van der Waals surface area contributed by atoms with Gasteiger partial charge in [0.05, 0.1) is 6.54 Å². The van der Waals surface area contributed by atoms with Crippen molar-refractivity contribution in [2.75, 3.05) is 0 Å². The Morgan fingerprint density at radius 3 is 2.65 bits per heavy atom. The first-order chi connectivity index (χ1) is 9.60. The van der Waals surface area contributed by atoms with E-state index in [9.17, 15) is 9.18 Å². The zero-order valence-corrected chi connectivity index (χ0v) is 10.9. The van der Waals surface area contributed by atoms with E-state index in [0.29, 0.717) is 12.1 Å². The number of aryl methyl sites for hydroxylation is 1. The molecule has 0 saturated carbocycles. The summed E-state index contributed by atoms with van der Waals surface area (Å²) in [6.07, 6.45) is 1.91. The lowest BCUT2D eigenvalue weighted by atomic mass is 10.1. The van der Waals surface area contributed by atoms with Crippen LogP contribution in [0.25, 0.3) is 11.6 Å². The smallest absolute Gasteiger partial charge is 0.269 e. The topological polar surface area (TPSA) is 45.8 Å². The van der Waals surface area contributed by atoms with Gasteiger partial charge in [-0.1, -0.05) is 12.1 Å². The van der Waals surface area contributed by atoms with Crippen LogP contribution in [0, 0.1) is 24.1 Å². The molecule has 0 spiro atoms. The summed E-state index contributed by atoms with van der Waals surface area (Å²) in [6, 6.07) is 9.95. The predicted octanol–water partition coefficient (Wildman–Crippen LogP) is 2.72. The van der Waals surface area contributed by atoms with Gasteiger partial charge in [-0.2, -0.15) is 5.26 Å². The third-order valence-electron chi connectivity index (χ3n) is 3.51. The summed E-state index contributed by atoms with van der Waals surface area (Å²) < 4.78 is 14.5. The Morgan fingerprint density at radius 2 is 2.00 bits per heavy atom. The number of rotatable bonds is 1. The van der Waals surface area contributed by atoms with Gasteiger partial charge in [0.25, 0.3) is 5.56 Å². The number of fused-ring (bicyclic) bond motifs is 1. The standard InChI is InChI=1S/C16H11FN2O/c1-10-6-14-7-12(11-2-4-13(17)5-3-11)9-19(14)16(20)15(10)8-18/h2-7H,9H2,1H3. The van der Waals surface area contributed by atoms with Crippen LogP contribution >= 0.6 is 0 Å². The van der Waals surface area contributed by atoms with E-state index in [0.717, 1.165) is 16.8 Å². The van der Waals surface area contributed by atoms with Crippen molar-refractivity contribution < 1.29 is 4.39 Å². The SMILES string of the molecule is Cc1cc2n(c(=O)c1C#N)CC(c1ccc(F)cc1)=C2. The van der Waals surface area contributed by atoms with Crippen molar-refractivity contribution in [3.8, 4) is 6.07 Å². The molecule has 0 bridgehead atoms. The highest BCUT2D eigenvalue weighted by Gasteiger charge is 2.18. The number of nitrogens with zero attached hydrogens (tertiary/aromatic N) is 2. The number of benzene rings is 1. The second-order valence-corrected chi connectivity index (χ2v) is 4.81. The van der Waals surface area contributed by atoms with Crippen molar-refractivity contribution in [3.05, 3.63) is 68.9 Å². The first kappa shape index (κ1) is 12.4. The number of aromatic nitrogens is 1. The second kappa shape index (κ2) is 4.46. The Hall–Kier alpha value is -2.67. The van der Waals surface area contributed by atoms with E-state index >= 15 is 0 Å². The molecule has 3 nitrogen and oxygen atoms in total. The van der Waals surface area contributed by atoms with E-state index in [-0.39, 0.29) is 16.9 Å². The fraction of sp³-hybridized carbons (Fsp3) is 0.125. The minimum atomic E-state index is -0.287. The van der Waals surface area contributed by atoms with Crippen molar-refractivity contribution in [3.63, 3.8) is 0 Å². The third-order valence-corrected chi connectivity index (χ3v) is 3.51. The molecule has 0 unspecified atom stereocenters. The molecule has 3 rings (SSSR count). The van der Waals surface area contributed by atoms with Crippen LogP contribution in [0.4, 0.5) is 4.39 Å². The van der Waals surface area contributed by atoms with Crippen LogP contribution in [0.5, 0.6) is 0 Å². The average Bonchev–Trinajstić information content (AvgIpc) is 2.84. The highest BCUT2D eigenvalue weighted by atomic mass is 19.1. The van der Waals surface area contributed by atoms with Crippen molar-refractivity contribution in [2.45, 2.75) is 13.5 Å². The molecule has 0 aliphatic carbocycles. The molecule has 0 saturated heterocycles. The van der Waals surface area contributed by atoms with Gasteiger partial charge >= 0.3 is 0 Å². The molecule has 1 aliphatic rings. The summed E-state index contributed by atoms with van der Waals surface area (Å²) >= 11 is 0. The van der Waals surface area contributed by atoms with Crippen LogP contribution < -0.4 is 5.56 Å². The van der Waals surface area contributed by atoms with E-state index in [1.807, 2.05) is 18.2 Å². The lowest BCUT2D eigenvalue weighted by molar-refractivity contribution is 0.627. The largest absolute Gasteiger partial charge is 0.303 e. The quantitative estimate of drug-likeness (QED) is 0.796. The maximum atomic E-state index is 12.9. The fourth-order valence-corrected chi connectivity index (χ4v) is 2.44. The summed E-state index contributed by atoms with van der Waals surface area (Å²) in [5.74, 6) is -0.287. The maximum absolute atomic E-state index is 12.9. The van der Waals surface area contributed by atoms with E-state index in [1.165, 1.54) is 12.1 Å².